The van der Waals surface area contributed by atoms with Crippen LogP contribution in [-0.2, 0) is 32.6 Å². The number of sulfonamides is 1. The molecule has 0 aliphatic carbocycles. The number of likely N-dealkylation sites (N-methyl/N-ethyl adjacent to an activating group) is 1. The fourth-order valence-electron chi connectivity index (χ4n) is 4.64. The normalized spacial score (nSPS) is 11.9. The molecule has 218 valence electrons. The van der Waals surface area contributed by atoms with Gasteiger partial charge < -0.3 is 10.2 Å². The van der Waals surface area contributed by atoms with E-state index in [1.54, 1.807) is 43.3 Å². The fraction of sp³-hybridized carbons (Fsp3) is 0.188. The van der Waals surface area contributed by atoms with Crippen LogP contribution in [0.15, 0.2) is 108 Å². The van der Waals surface area contributed by atoms with Gasteiger partial charge in [-0.3, -0.25) is 13.9 Å². The molecule has 0 aliphatic heterocycles. The Morgan fingerprint density at radius 3 is 2.10 bits per heavy atom. The number of rotatable bonds is 11. The quantitative estimate of drug-likeness (QED) is 0.248. The Morgan fingerprint density at radius 1 is 0.881 bits per heavy atom. The minimum atomic E-state index is -4.21. The van der Waals surface area contributed by atoms with Gasteiger partial charge in [-0.05, 0) is 66.1 Å². The molecule has 0 spiro atoms. The summed E-state index contributed by atoms with van der Waals surface area (Å²) in [6.07, 6.45) is 0.179. The summed E-state index contributed by atoms with van der Waals surface area (Å²) < 4.78 is 42.7. The molecule has 2 amide bonds. The SMILES string of the molecule is CNC(=O)[C@H](Cc1ccccc1)N(Cc1ccc(F)cc1)C(=O)CN(c1ccc(Cl)cc1C)S(=O)(=O)c1ccccc1. The van der Waals surface area contributed by atoms with Crippen molar-refractivity contribution in [1.29, 1.82) is 0 Å². The summed E-state index contributed by atoms with van der Waals surface area (Å²) >= 11 is 6.17. The first-order valence-electron chi connectivity index (χ1n) is 13.2. The molecule has 0 fully saturated rings. The van der Waals surface area contributed by atoms with E-state index >= 15 is 0 Å². The fourth-order valence-corrected chi connectivity index (χ4v) is 6.37. The third-order valence-corrected chi connectivity index (χ3v) is 8.83. The molecule has 0 aliphatic rings. The Hall–Kier alpha value is -4.21. The Morgan fingerprint density at radius 2 is 1.50 bits per heavy atom. The van der Waals surface area contributed by atoms with Crippen LogP contribution in [0.3, 0.4) is 0 Å². The zero-order valence-electron chi connectivity index (χ0n) is 23.2. The zero-order chi connectivity index (χ0) is 30.3. The van der Waals surface area contributed by atoms with Crippen molar-refractivity contribution in [2.75, 3.05) is 17.9 Å². The van der Waals surface area contributed by atoms with Crippen molar-refractivity contribution >= 4 is 39.1 Å². The van der Waals surface area contributed by atoms with Gasteiger partial charge in [-0.1, -0.05) is 72.3 Å². The van der Waals surface area contributed by atoms with Crippen LogP contribution < -0.4 is 9.62 Å². The van der Waals surface area contributed by atoms with Crippen LogP contribution in [0.25, 0.3) is 0 Å². The van der Waals surface area contributed by atoms with Gasteiger partial charge in [0.15, 0.2) is 0 Å². The Balaban J connectivity index is 1.80. The van der Waals surface area contributed by atoms with Crippen molar-refractivity contribution in [1.82, 2.24) is 10.2 Å². The van der Waals surface area contributed by atoms with E-state index in [4.69, 9.17) is 11.6 Å². The number of hydrogen-bond donors (Lipinski definition) is 1. The number of benzene rings is 4. The second kappa shape index (κ2) is 13.6. The van der Waals surface area contributed by atoms with Gasteiger partial charge in [-0.15, -0.1) is 0 Å². The molecule has 0 saturated heterocycles. The molecule has 4 rings (SSSR count). The summed E-state index contributed by atoms with van der Waals surface area (Å²) in [5.41, 5.74) is 2.21. The summed E-state index contributed by atoms with van der Waals surface area (Å²) in [7, 11) is -2.74. The van der Waals surface area contributed by atoms with Crippen molar-refractivity contribution < 1.29 is 22.4 Å². The molecule has 1 atom stereocenters. The maximum absolute atomic E-state index is 14.2. The van der Waals surface area contributed by atoms with Crippen LogP contribution >= 0.6 is 11.6 Å². The van der Waals surface area contributed by atoms with E-state index in [1.807, 2.05) is 30.3 Å². The van der Waals surface area contributed by atoms with Crippen molar-refractivity contribution in [3.05, 3.63) is 131 Å². The standard InChI is InChI=1S/C32H31ClFN3O4S/c1-23-19-26(33)15-18-29(23)37(42(40,41)28-11-7-4-8-12-28)22-31(38)36(21-25-13-16-27(34)17-14-25)30(32(39)35-2)20-24-9-5-3-6-10-24/h3-19,30H,20-22H2,1-2H3,(H,35,39)/t30-/m0/s1. The van der Waals surface area contributed by atoms with Crippen LogP contribution in [0.4, 0.5) is 10.1 Å². The van der Waals surface area contributed by atoms with Gasteiger partial charge in [-0.2, -0.15) is 0 Å². The molecular formula is C32H31ClFN3O4S. The van der Waals surface area contributed by atoms with E-state index in [1.165, 1.54) is 48.3 Å². The molecule has 10 heteroatoms. The molecule has 4 aromatic carbocycles. The number of carbonyl (C=O) groups excluding carboxylic acids is 2. The number of carbonyl (C=O) groups is 2. The van der Waals surface area contributed by atoms with Crippen molar-refractivity contribution in [3.8, 4) is 0 Å². The predicted octanol–water partition coefficient (Wildman–Crippen LogP) is 5.37. The highest BCUT2D eigenvalue weighted by molar-refractivity contribution is 7.92. The third kappa shape index (κ3) is 7.35. The third-order valence-electron chi connectivity index (χ3n) is 6.82. The number of nitrogens with one attached hydrogen (secondary N) is 1. The predicted molar refractivity (Wildman–Crippen MR) is 162 cm³/mol. The molecule has 0 unspecified atom stereocenters. The summed E-state index contributed by atoms with van der Waals surface area (Å²) in [5, 5.41) is 3.05. The van der Waals surface area contributed by atoms with E-state index in [0.717, 1.165) is 9.87 Å². The van der Waals surface area contributed by atoms with E-state index in [2.05, 4.69) is 5.32 Å². The summed E-state index contributed by atoms with van der Waals surface area (Å²) in [6, 6.07) is 26.4. The largest absolute Gasteiger partial charge is 0.357 e. The number of aryl methyl sites for hydroxylation is 1. The number of amides is 2. The first-order chi connectivity index (χ1) is 20.1. The summed E-state index contributed by atoms with van der Waals surface area (Å²) in [5.74, 6) is -1.48. The van der Waals surface area contributed by atoms with Gasteiger partial charge in [0, 0.05) is 25.0 Å². The van der Waals surface area contributed by atoms with Crippen LogP contribution in [0.2, 0.25) is 5.02 Å². The molecule has 4 aromatic rings. The zero-order valence-corrected chi connectivity index (χ0v) is 24.8. The smallest absolute Gasteiger partial charge is 0.264 e. The second-order valence-electron chi connectivity index (χ2n) is 9.72. The van der Waals surface area contributed by atoms with Gasteiger partial charge in [0.2, 0.25) is 11.8 Å². The number of halogens is 2. The lowest BCUT2D eigenvalue weighted by Gasteiger charge is -2.34. The van der Waals surface area contributed by atoms with Crippen LogP contribution in [0, 0.1) is 12.7 Å². The Kier molecular flexibility index (Phi) is 9.98. The average Bonchev–Trinajstić information content (AvgIpc) is 2.99. The van der Waals surface area contributed by atoms with E-state index in [9.17, 15) is 22.4 Å². The molecule has 7 nitrogen and oxygen atoms in total. The number of anilines is 1. The minimum Gasteiger partial charge on any atom is -0.357 e. The Bertz CT molecular complexity index is 1640. The van der Waals surface area contributed by atoms with Gasteiger partial charge in [-0.25, -0.2) is 12.8 Å². The van der Waals surface area contributed by atoms with Crippen molar-refractivity contribution in [2.45, 2.75) is 30.8 Å². The highest BCUT2D eigenvalue weighted by atomic mass is 35.5. The average molecular weight is 608 g/mol. The molecule has 0 aromatic heterocycles. The molecule has 1 N–H and O–H groups in total. The molecule has 42 heavy (non-hydrogen) atoms. The second-order valence-corrected chi connectivity index (χ2v) is 12.0. The highest BCUT2D eigenvalue weighted by Crippen LogP contribution is 2.29. The van der Waals surface area contributed by atoms with E-state index in [-0.39, 0.29) is 23.5 Å². The van der Waals surface area contributed by atoms with Crippen LogP contribution in [0.5, 0.6) is 0 Å². The van der Waals surface area contributed by atoms with Crippen molar-refractivity contribution in [3.63, 3.8) is 0 Å². The number of hydrogen-bond acceptors (Lipinski definition) is 4. The number of nitrogens with zero attached hydrogens (tertiary/aromatic N) is 2. The molecular weight excluding hydrogens is 577 g/mol. The summed E-state index contributed by atoms with van der Waals surface area (Å²) in [4.78, 5) is 28.9. The monoisotopic (exact) mass is 607 g/mol. The molecule has 0 heterocycles. The first-order valence-corrected chi connectivity index (χ1v) is 15.1. The lowest BCUT2D eigenvalue weighted by atomic mass is 10.0. The van der Waals surface area contributed by atoms with Gasteiger partial charge in [0.1, 0.15) is 18.4 Å². The maximum Gasteiger partial charge on any atom is 0.264 e. The topological polar surface area (TPSA) is 86.8 Å². The molecule has 0 radical (unpaired) electrons. The van der Waals surface area contributed by atoms with Crippen molar-refractivity contribution in [2.24, 2.45) is 0 Å². The van der Waals surface area contributed by atoms with Gasteiger partial charge in [0.05, 0.1) is 10.6 Å². The Labute approximate surface area is 250 Å². The highest BCUT2D eigenvalue weighted by Gasteiger charge is 2.34. The molecule has 0 saturated carbocycles. The summed E-state index contributed by atoms with van der Waals surface area (Å²) in [6.45, 7) is 1.06. The van der Waals surface area contributed by atoms with E-state index in [0.29, 0.717) is 16.1 Å². The molecule has 0 bridgehead atoms. The lowest BCUT2D eigenvalue weighted by Crippen LogP contribution is -2.53. The maximum atomic E-state index is 14.2. The first kappa shape index (κ1) is 30.7. The lowest BCUT2D eigenvalue weighted by molar-refractivity contribution is -0.139. The van der Waals surface area contributed by atoms with Crippen LogP contribution in [0.1, 0.15) is 16.7 Å². The van der Waals surface area contributed by atoms with Crippen LogP contribution in [-0.4, -0.2) is 44.8 Å². The van der Waals surface area contributed by atoms with E-state index < -0.39 is 40.2 Å². The van der Waals surface area contributed by atoms with Gasteiger partial charge in [0.25, 0.3) is 10.0 Å². The minimum absolute atomic E-state index is 0.00405. The van der Waals surface area contributed by atoms with Gasteiger partial charge >= 0.3 is 0 Å².